The van der Waals surface area contributed by atoms with Crippen LogP contribution in [0.5, 0.6) is 0 Å². The van der Waals surface area contributed by atoms with E-state index < -0.39 is 5.97 Å². The lowest BCUT2D eigenvalue weighted by molar-refractivity contribution is -0.137. The van der Waals surface area contributed by atoms with Crippen LogP contribution in [0.4, 0.5) is 5.69 Å². The Balaban J connectivity index is 1.43. The van der Waals surface area contributed by atoms with Gasteiger partial charge < -0.3 is 10.0 Å². The van der Waals surface area contributed by atoms with E-state index in [0.29, 0.717) is 9.23 Å². The number of hydrogen-bond acceptors (Lipinski definition) is 5. The average molecular weight is 429 g/mol. The van der Waals surface area contributed by atoms with Gasteiger partial charge in [0.1, 0.15) is 4.32 Å². The summed E-state index contributed by atoms with van der Waals surface area (Å²) in [5.41, 5.74) is 3.75. The number of rotatable bonds is 5. The monoisotopic (exact) mass is 428 g/mol. The molecule has 1 N–H and O–H groups in total. The van der Waals surface area contributed by atoms with Crippen molar-refractivity contribution in [3.63, 3.8) is 0 Å². The van der Waals surface area contributed by atoms with E-state index >= 15 is 0 Å². The van der Waals surface area contributed by atoms with Gasteiger partial charge in [0.2, 0.25) is 0 Å². The second-order valence-electron chi connectivity index (χ2n) is 7.69. The number of carbonyl (C=O) groups is 2. The maximum atomic E-state index is 12.5. The van der Waals surface area contributed by atoms with E-state index in [-0.39, 0.29) is 18.9 Å². The van der Waals surface area contributed by atoms with Crippen molar-refractivity contribution in [2.45, 2.75) is 32.1 Å². The summed E-state index contributed by atoms with van der Waals surface area (Å²) in [7, 11) is 0. The number of allylic oxidation sites excluding steroid dienone is 1. The van der Waals surface area contributed by atoms with Gasteiger partial charge in [-0.25, -0.2) is 0 Å². The summed E-state index contributed by atoms with van der Waals surface area (Å²) in [4.78, 5) is 27.6. The van der Waals surface area contributed by atoms with Gasteiger partial charge in [-0.1, -0.05) is 47.8 Å². The number of thiocarbonyl (C=S) groups is 1. The van der Waals surface area contributed by atoms with Crippen molar-refractivity contribution >= 4 is 51.9 Å². The number of carboxylic acid groups (broad SMARTS) is 1. The fourth-order valence-corrected chi connectivity index (χ4v) is 5.50. The Kier molecular flexibility index (Phi) is 6.06. The molecule has 5 nitrogen and oxygen atoms in total. The zero-order chi connectivity index (χ0) is 20.4. The molecule has 29 heavy (non-hydrogen) atoms. The highest BCUT2D eigenvalue weighted by molar-refractivity contribution is 8.26. The minimum atomic E-state index is -0.938. The lowest BCUT2D eigenvalue weighted by Gasteiger charge is -2.37. The summed E-state index contributed by atoms with van der Waals surface area (Å²) < 4.78 is 0.419. The summed E-state index contributed by atoms with van der Waals surface area (Å²) >= 11 is 6.47. The highest BCUT2D eigenvalue weighted by atomic mass is 32.2. The molecule has 2 heterocycles. The molecule has 0 radical (unpaired) electrons. The Labute approximate surface area is 180 Å². The van der Waals surface area contributed by atoms with Crippen LogP contribution in [0.25, 0.3) is 6.08 Å². The van der Waals surface area contributed by atoms with Crippen molar-refractivity contribution < 1.29 is 14.7 Å². The summed E-state index contributed by atoms with van der Waals surface area (Å²) in [6, 6.07) is 8.28. The molecule has 2 fully saturated rings. The van der Waals surface area contributed by atoms with Gasteiger partial charge in [0.15, 0.2) is 0 Å². The number of carbonyl (C=O) groups excluding carboxylic acids is 1. The van der Waals surface area contributed by atoms with Gasteiger partial charge in [-0.3, -0.25) is 14.5 Å². The maximum Gasteiger partial charge on any atom is 0.305 e. The van der Waals surface area contributed by atoms with E-state index in [1.807, 2.05) is 18.2 Å². The number of aliphatic carboxylic acids is 1. The average Bonchev–Trinajstić information content (AvgIpc) is 2.99. The SMILES string of the molecule is O=C(O)CCN1C(=O)C(=Cc2ccc(N3CCC4CCCC=C4C3)cc2)SC1=S. The Bertz CT molecular complexity index is 892. The zero-order valence-electron chi connectivity index (χ0n) is 16.2. The molecule has 2 aliphatic heterocycles. The number of benzene rings is 1. The predicted molar refractivity (Wildman–Crippen MR) is 121 cm³/mol. The molecule has 2 saturated heterocycles. The van der Waals surface area contributed by atoms with Crippen molar-refractivity contribution in [3.05, 3.63) is 46.4 Å². The van der Waals surface area contributed by atoms with Crippen LogP contribution in [0.15, 0.2) is 40.8 Å². The van der Waals surface area contributed by atoms with Crippen LogP contribution in [-0.2, 0) is 9.59 Å². The first-order chi connectivity index (χ1) is 14.0. The molecule has 1 aromatic carbocycles. The predicted octanol–water partition coefficient (Wildman–Crippen LogP) is 4.30. The van der Waals surface area contributed by atoms with Gasteiger partial charge >= 0.3 is 5.97 Å². The van der Waals surface area contributed by atoms with Gasteiger partial charge in [0.05, 0.1) is 11.3 Å². The van der Waals surface area contributed by atoms with E-state index in [2.05, 4.69) is 23.1 Å². The number of thioether (sulfide) groups is 1. The number of hydrogen-bond donors (Lipinski definition) is 1. The second-order valence-corrected chi connectivity index (χ2v) is 9.36. The van der Waals surface area contributed by atoms with Crippen LogP contribution >= 0.6 is 24.0 Å². The first-order valence-corrected chi connectivity index (χ1v) is 11.2. The number of fused-ring (bicyclic) bond motifs is 1. The maximum absolute atomic E-state index is 12.5. The van der Waals surface area contributed by atoms with Gasteiger partial charge in [-0.15, -0.1) is 0 Å². The highest BCUT2D eigenvalue weighted by Crippen LogP contribution is 2.35. The van der Waals surface area contributed by atoms with Crippen molar-refractivity contribution in [3.8, 4) is 0 Å². The lowest BCUT2D eigenvalue weighted by atomic mass is 9.82. The summed E-state index contributed by atoms with van der Waals surface area (Å²) in [5, 5.41) is 8.83. The van der Waals surface area contributed by atoms with Crippen LogP contribution in [0.2, 0.25) is 0 Å². The largest absolute Gasteiger partial charge is 0.481 e. The Morgan fingerprint density at radius 1 is 1.28 bits per heavy atom. The molecule has 1 atom stereocenters. The fraction of sp³-hybridized carbons (Fsp3) is 0.409. The van der Waals surface area contributed by atoms with Crippen LogP contribution in [-0.4, -0.2) is 45.8 Å². The second kappa shape index (κ2) is 8.71. The zero-order valence-corrected chi connectivity index (χ0v) is 17.8. The molecule has 0 aromatic heterocycles. The molecule has 1 amide bonds. The minimum Gasteiger partial charge on any atom is -0.481 e. The van der Waals surface area contributed by atoms with E-state index in [1.165, 1.54) is 48.0 Å². The molecule has 3 aliphatic rings. The standard InChI is InChI=1S/C22H24N2O3S2/c25-20(26)10-12-24-21(27)19(29-22(24)28)13-15-5-7-18(8-6-15)23-11-9-16-3-1-2-4-17(16)14-23/h4-8,13,16H,1-3,9-12,14H2,(H,25,26). The van der Waals surface area contributed by atoms with Crippen molar-refractivity contribution in [2.24, 2.45) is 5.92 Å². The molecule has 0 spiro atoms. The first kappa shape index (κ1) is 20.2. The number of piperidine rings is 1. The number of amides is 1. The molecule has 4 rings (SSSR count). The summed E-state index contributed by atoms with van der Waals surface area (Å²) in [6.07, 6.45) is 9.26. The summed E-state index contributed by atoms with van der Waals surface area (Å²) in [6.45, 7) is 2.22. The number of carboxylic acids is 1. The highest BCUT2D eigenvalue weighted by Gasteiger charge is 2.32. The first-order valence-electron chi connectivity index (χ1n) is 10.0. The van der Waals surface area contributed by atoms with Gasteiger partial charge in [-0.05, 0) is 55.4 Å². The van der Waals surface area contributed by atoms with Gasteiger partial charge in [0.25, 0.3) is 5.91 Å². The molecular formula is C22H24N2O3S2. The van der Waals surface area contributed by atoms with Crippen LogP contribution in [0, 0.1) is 5.92 Å². The molecule has 0 saturated carbocycles. The van der Waals surface area contributed by atoms with Gasteiger partial charge in [0, 0.05) is 25.3 Å². The number of anilines is 1. The smallest absolute Gasteiger partial charge is 0.305 e. The molecule has 0 bridgehead atoms. The summed E-state index contributed by atoms with van der Waals surface area (Å²) in [5.74, 6) is -0.370. The molecule has 1 aromatic rings. The van der Waals surface area contributed by atoms with Crippen LogP contribution in [0.3, 0.4) is 0 Å². The third-order valence-electron chi connectivity index (χ3n) is 5.79. The third kappa shape index (κ3) is 4.56. The number of nitrogens with zero attached hydrogens (tertiary/aromatic N) is 2. The molecule has 1 aliphatic carbocycles. The minimum absolute atomic E-state index is 0.110. The topological polar surface area (TPSA) is 60.9 Å². The normalized spacial score (nSPS) is 23.4. The quantitative estimate of drug-likeness (QED) is 0.429. The molecule has 152 valence electrons. The van der Waals surface area contributed by atoms with Crippen LogP contribution in [0.1, 0.15) is 37.7 Å². The van der Waals surface area contributed by atoms with Gasteiger partial charge in [-0.2, -0.15) is 0 Å². The van der Waals surface area contributed by atoms with Crippen LogP contribution < -0.4 is 4.90 Å². The van der Waals surface area contributed by atoms with Crippen molar-refractivity contribution in [1.82, 2.24) is 4.90 Å². The molecular weight excluding hydrogens is 404 g/mol. The van der Waals surface area contributed by atoms with E-state index in [9.17, 15) is 9.59 Å². The fourth-order valence-electron chi connectivity index (χ4n) is 4.19. The molecule has 1 unspecified atom stereocenters. The Morgan fingerprint density at radius 2 is 2.07 bits per heavy atom. The lowest BCUT2D eigenvalue weighted by Crippen LogP contribution is -2.36. The molecule has 7 heteroatoms. The third-order valence-corrected chi connectivity index (χ3v) is 7.17. The van der Waals surface area contributed by atoms with Crippen molar-refractivity contribution in [2.75, 3.05) is 24.5 Å². The Morgan fingerprint density at radius 3 is 2.83 bits per heavy atom. The van der Waals surface area contributed by atoms with E-state index in [0.717, 1.165) is 24.6 Å². The van der Waals surface area contributed by atoms with E-state index in [4.69, 9.17) is 17.3 Å². The van der Waals surface area contributed by atoms with Crippen molar-refractivity contribution in [1.29, 1.82) is 0 Å². The Hall–Kier alpha value is -2.12. The van der Waals surface area contributed by atoms with E-state index in [1.54, 1.807) is 5.57 Å².